The Morgan fingerprint density at radius 2 is 1.57 bits per heavy atom. The highest BCUT2D eigenvalue weighted by Crippen LogP contribution is 2.48. The number of ether oxygens (including phenoxy) is 3. The molecule has 0 spiro atoms. The molecule has 3 aliphatic carbocycles. The minimum absolute atomic E-state index is 0.00753. The van der Waals surface area contributed by atoms with Gasteiger partial charge in [0.05, 0.1) is 37.0 Å². The molecule has 6 rings (SSSR count). The molecule has 23 heteroatoms. The first-order valence-corrected chi connectivity index (χ1v) is 25.0. The molecule has 5 N–H and O–H groups in total. The summed E-state index contributed by atoms with van der Waals surface area (Å²) in [6, 6.07) is 8.77. The van der Waals surface area contributed by atoms with Gasteiger partial charge in [-0.05, 0) is 107 Å². The van der Waals surface area contributed by atoms with Crippen molar-refractivity contribution in [3.05, 3.63) is 30.5 Å². The van der Waals surface area contributed by atoms with Crippen molar-refractivity contribution in [2.45, 2.75) is 160 Å². The van der Waals surface area contributed by atoms with Gasteiger partial charge in [0, 0.05) is 30.8 Å². The van der Waals surface area contributed by atoms with Gasteiger partial charge in [0.1, 0.15) is 35.1 Å². The predicted molar refractivity (Wildman–Crippen MR) is 241 cm³/mol. The van der Waals surface area contributed by atoms with Crippen LogP contribution in [-0.2, 0) is 48.1 Å². The highest BCUT2D eigenvalue weighted by molar-refractivity contribution is 7.85. The van der Waals surface area contributed by atoms with E-state index in [0.717, 1.165) is 5.39 Å². The summed E-state index contributed by atoms with van der Waals surface area (Å²) >= 11 is 0. The van der Waals surface area contributed by atoms with Crippen molar-refractivity contribution in [1.82, 2.24) is 25.2 Å². The number of alkyl carbamates (subject to hydrolysis) is 1. The second-order valence-electron chi connectivity index (χ2n) is 19.6. The summed E-state index contributed by atoms with van der Waals surface area (Å²) < 4.78 is 76.3. The van der Waals surface area contributed by atoms with Gasteiger partial charge in [0.15, 0.2) is 0 Å². The zero-order chi connectivity index (χ0) is 49.8. The molecule has 1 aliphatic heterocycles. The number of nitrogens with two attached hydrogens (primary N) is 1. The van der Waals surface area contributed by atoms with Crippen molar-refractivity contribution < 1.29 is 58.6 Å². The van der Waals surface area contributed by atoms with Gasteiger partial charge in [-0.1, -0.05) is 34.1 Å². The van der Waals surface area contributed by atoms with E-state index in [0.29, 0.717) is 56.1 Å². The molecule has 0 unspecified atom stereocenters. The van der Waals surface area contributed by atoms with Crippen LogP contribution in [-0.4, -0.2) is 105 Å². The molecule has 0 bridgehead atoms. The second-order valence-corrected chi connectivity index (χ2v) is 22.1. The minimum atomic E-state index is -4.59. The highest BCUT2D eigenvalue weighted by Gasteiger charge is 2.62. The molecule has 4 amide bonds. The SMILES string of the molecule is CC[C@@H]1C[C@]1(NC(=O)[C@@H]1C[C@@H](Oc2nccc3cc(OC)ccc23)CN1C(=O)[C@@H](NC(=O)OC(C)(C)C)C(C)(C)C)C(=O)NS(=O)(=O)OC1(CCC#N)CC1.N#CCCC1(OS(N)(=O)=O)CC1. The van der Waals surface area contributed by atoms with E-state index in [1.54, 1.807) is 73.0 Å². The maximum atomic E-state index is 14.5. The Balaban J connectivity index is 0.000000608. The Morgan fingerprint density at radius 3 is 2.07 bits per heavy atom. The number of likely N-dealkylation sites (tertiary alicyclic amines) is 1. The van der Waals surface area contributed by atoms with Crippen LogP contribution in [0.4, 0.5) is 4.79 Å². The monoisotopic (exact) mass is 974 g/mol. The van der Waals surface area contributed by atoms with Crippen LogP contribution in [0.25, 0.3) is 10.8 Å². The van der Waals surface area contributed by atoms with E-state index in [1.165, 1.54) is 4.90 Å². The average molecular weight is 975 g/mol. The van der Waals surface area contributed by atoms with Crippen LogP contribution in [0.3, 0.4) is 0 Å². The molecule has 4 aliphatic rings. The number of nitrogens with zero attached hydrogens (tertiary/aromatic N) is 4. The third-order valence-corrected chi connectivity index (χ3v) is 13.6. The summed E-state index contributed by atoms with van der Waals surface area (Å²) in [5.74, 6) is -1.72. The maximum Gasteiger partial charge on any atom is 0.408 e. The number of amides is 4. The number of methoxy groups -OCH3 is 1. The van der Waals surface area contributed by atoms with Crippen LogP contribution in [0.1, 0.15) is 119 Å². The van der Waals surface area contributed by atoms with Gasteiger partial charge in [-0.2, -0.15) is 27.4 Å². The first-order chi connectivity index (χ1) is 31.1. The van der Waals surface area contributed by atoms with Gasteiger partial charge in [-0.3, -0.25) is 18.6 Å². The van der Waals surface area contributed by atoms with Crippen LogP contribution < -0.4 is 30.0 Å². The number of pyridine rings is 1. The van der Waals surface area contributed by atoms with E-state index in [-0.39, 0.29) is 38.1 Å². The molecule has 2 heterocycles. The summed E-state index contributed by atoms with van der Waals surface area (Å²) in [6.07, 6.45) is 3.86. The molecule has 21 nitrogen and oxygen atoms in total. The van der Waals surface area contributed by atoms with Crippen molar-refractivity contribution >= 4 is 55.2 Å². The van der Waals surface area contributed by atoms with Gasteiger partial charge in [-0.15, -0.1) is 0 Å². The number of hydrogen-bond donors (Lipinski definition) is 4. The van der Waals surface area contributed by atoms with Crippen LogP contribution in [0.15, 0.2) is 30.5 Å². The molecule has 5 atom stereocenters. The average Bonchev–Trinajstić information content (AvgIpc) is 4.19. The van der Waals surface area contributed by atoms with E-state index in [4.69, 9.17) is 34.1 Å². The third-order valence-electron chi connectivity index (χ3n) is 12.0. The summed E-state index contributed by atoms with van der Waals surface area (Å²) in [4.78, 5) is 61.4. The molecule has 1 aromatic carbocycles. The van der Waals surface area contributed by atoms with E-state index < -0.39 is 96.3 Å². The normalized spacial score (nSPS) is 22.9. The molecule has 1 aromatic heterocycles. The summed E-state index contributed by atoms with van der Waals surface area (Å²) in [5.41, 5.74) is -4.95. The maximum absolute atomic E-state index is 14.5. The Labute approximate surface area is 392 Å². The Kier molecular flexibility index (Phi) is 15.8. The Bertz CT molecular complexity index is 2510. The van der Waals surface area contributed by atoms with Crippen LogP contribution in [0, 0.1) is 34.0 Å². The number of hydrogen-bond acceptors (Lipinski definition) is 16. The molecule has 1 saturated heterocycles. The predicted octanol–water partition coefficient (Wildman–Crippen LogP) is 4.07. The fraction of sp³-hybridized carbons (Fsp3) is 0.659. The molecular weight excluding hydrogens is 913 g/mol. The third kappa shape index (κ3) is 14.1. The number of carbonyl (C=O) groups is 4. The topological polar surface area (TPSA) is 309 Å². The van der Waals surface area contributed by atoms with Gasteiger partial charge >= 0.3 is 26.7 Å². The lowest BCUT2D eigenvalue weighted by Crippen LogP contribution is -2.60. The quantitative estimate of drug-likeness (QED) is 0.164. The Hall–Kier alpha value is -5.33. The lowest BCUT2D eigenvalue weighted by atomic mass is 9.85. The number of benzene rings is 1. The van der Waals surface area contributed by atoms with E-state index in [9.17, 15) is 36.0 Å². The van der Waals surface area contributed by atoms with Crippen LogP contribution in [0.2, 0.25) is 0 Å². The lowest BCUT2D eigenvalue weighted by Gasteiger charge is -2.36. The summed E-state index contributed by atoms with van der Waals surface area (Å²) in [7, 11) is -6.89. The highest BCUT2D eigenvalue weighted by atomic mass is 32.2. The standard InChI is InChI=1S/C38H52N6O10S.C6H10N2O3S/c1-9-24-21-38(24,33(47)43-55(49,50)54-37(15-16-37)14-10-17-39)42-30(45)28-20-26(52-31-27-12-11-25(51-8)19-23(27)13-18-40-31)22-44(28)32(46)29(35(2,3)4)41-34(48)53-36(5,6)7;7-5-1-2-6(3-4-6)11-12(8,9)10/h11-13,18-19,24,26,28-29H,9-10,14-16,20-22H2,1-8H3,(H,41,48)(H,42,45)(H,43,47);1-4H2,(H2,8,9,10)/t24-,26-,28+,29-,38-;/m1./s1. The summed E-state index contributed by atoms with van der Waals surface area (Å²) in [5, 5.41) is 28.9. The Morgan fingerprint density at radius 1 is 0.955 bits per heavy atom. The van der Waals surface area contributed by atoms with Gasteiger partial charge in [0.25, 0.3) is 5.91 Å². The number of nitrogens with one attached hydrogen (secondary N) is 3. The number of nitriles is 2. The lowest BCUT2D eigenvalue weighted by molar-refractivity contribution is -0.143. The largest absolute Gasteiger partial charge is 0.497 e. The molecule has 67 heavy (non-hydrogen) atoms. The fourth-order valence-corrected chi connectivity index (χ4v) is 9.95. The van der Waals surface area contributed by atoms with E-state index in [2.05, 4.69) is 19.8 Å². The van der Waals surface area contributed by atoms with E-state index >= 15 is 0 Å². The van der Waals surface area contributed by atoms with Crippen molar-refractivity contribution in [1.29, 1.82) is 10.5 Å². The van der Waals surface area contributed by atoms with Crippen LogP contribution >= 0.6 is 0 Å². The zero-order valence-corrected chi connectivity index (χ0v) is 40.8. The van der Waals surface area contributed by atoms with Crippen molar-refractivity contribution in [2.24, 2.45) is 16.5 Å². The van der Waals surface area contributed by atoms with Gasteiger partial charge in [-0.25, -0.2) is 23.8 Å². The number of aromatic nitrogens is 1. The molecule has 0 radical (unpaired) electrons. The van der Waals surface area contributed by atoms with Crippen molar-refractivity contribution in [3.8, 4) is 23.8 Å². The smallest absolute Gasteiger partial charge is 0.408 e. The molecule has 4 fully saturated rings. The number of fused-ring (bicyclic) bond motifs is 1. The van der Waals surface area contributed by atoms with Gasteiger partial charge in [0.2, 0.25) is 17.7 Å². The zero-order valence-electron chi connectivity index (χ0n) is 39.2. The first-order valence-electron chi connectivity index (χ1n) is 22.1. The minimum Gasteiger partial charge on any atom is -0.497 e. The molecule has 3 saturated carbocycles. The summed E-state index contributed by atoms with van der Waals surface area (Å²) in [6.45, 7) is 12.1. The van der Waals surface area contributed by atoms with Gasteiger partial charge < -0.3 is 29.7 Å². The first kappa shape index (κ1) is 52.6. The number of rotatable bonds is 18. The van der Waals surface area contributed by atoms with Crippen LogP contribution in [0.5, 0.6) is 11.6 Å². The molecular formula is C44H62N8O13S2. The second kappa shape index (κ2) is 20.1. The molecule has 2 aromatic rings. The fourth-order valence-electron chi connectivity index (χ4n) is 8.04. The van der Waals surface area contributed by atoms with Crippen molar-refractivity contribution in [2.75, 3.05) is 13.7 Å². The van der Waals surface area contributed by atoms with Crippen molar-refractivity contribution in [3.63, 3.8) is 0 Å². The number of carbonyl (C=O) groups excluding carboxylic acids is 4. The van der Waals surface area contributed by atoms with E-state index in [1.807, 2.05) is 29.9 Å². The molecule has 368 valence electrons.